The largest absolute Gasteiger partial charge is 0.0917 e. The van der Waals surface area contributed by atoms with Gasteiger partial charge in [0, 0.05) is 0 Å². The van der Waals surface area contributed by atoms with Crippen LogP contribution in [0.5, 0.6) is 0 Å². The second-order valence-corrected chi connectivity index (χ2v) is 6.15. The van der Waals surface area contributed by atoms with Crippen LogP contribution in [-0.2, 0) is 12.8 Å². The van der Waals surface area contributed by atoms with Crippen molar-refractivity contribution in [2.45, 2.75) is 84.5 Å². The van der Waals surface area contributed by atoms with Crippen LogP contribution in [0, 0.1) is 0 Å². The van der Waals surface area contributed by atoms with Crippen LogP contribution in [0.4, 0.5) is 0 Å². The quantitative estimate of drug-likeness (QED) is 0.290. The maximum absolute atomic E-state index is 2.33. The highest BCUT2D eigenvalue weighted by Gasteiger charge is 1.96. The van der Waals surface area contributed by atoms with E-state index < -0.39 is 0 Å². The lowest BCUT2D eigenvalue weighted by molar-refractivity contribution is 0.575. The highest BCUT2D eigenvalue weighted by Crippen LogP contribution is 2.13. The van der Waals surface area contributed by atoms with Crippen molar-refractivity contribution in [3.63, 3.8) is 0 Å². The molecule has 118 valence electrons. The fourth-order valence-corrected chi connectivity index (χ4v) is 2.75. The lowest BCUT2D eigenvalue weighted by atomic mass is 10.0. The van der Waals surface area contributed by atoms with E-state index in [4.69, 9.17) is 0 Å². The van der Waals surface area contributed by atoms with Crippen LogP contribution in [0.3, 0.4) is 0 Å². The summed E-state index contributed by atoms with van der Waals surface area (Å²) in [5.74, 6) is 0. The molecule has 1 aromatic carbocycles. The van der Waals surface area contributed by atoms with E-state index in [1.165, 1.54) is 75.3 Å². The minimum Gasteiger partial charge on any atom is -0.0917 e. The molecular formula is C21H34. The average Bonchev–Trinajstić information content (AvgIpc) is 2.52. The Kier molecular flexibility index (Phi) is 10.9. The standard InChI is InChI=1S/C21H34/c1-3-5-7-8-9-10-11-13-15-21-18-16-20(17-19-21)14-12-6-4-2/h4,6,16-19H,3,5,7-15H2,1-2H3/b6-4+. The van der Waals surface area contributed by atoms with Gasteiger partial charge in [0.15, 0.2) is 0 Å². The van der Waals surface area contributed by atoms with Crippen molar-refractivity contribution >= 4 is 0 Å². The van der Waals surface area contributed by atoms with Crippen LogP contribution in [0.25, 0.3) is 0 Å². The van der Waals surface area contributed by atoms with Gasteiger partial charge in [-0.3, -0.25) is 0 Å². The number of hydrogen-bond donors (Lipinski definition) is 0. The molecule has 0 heteroatoms. The lowest BCUT2D eigenvalue weighted by Crippen LogP contribution is -1.89. The predicted molar refractivity (Wildman–Crippen MR) is 95.9 cm³/mol. The van der Waals surface area contributed by atoms with Crippen molar-refractivity contribution in [3.05, 3.63) is 47.5 Å². The Morgan fingerprint density at radius 3 is 1.81 bits per heavy atom. The Morgan fingerprint density at radius 1 is 0.714 bits per heavy atom. The van der Waals surface area contributed by atoms with Gasteiger partial charge in [-0.05, 0) is 43.7 Å². The van der Waals surface area contributed by atoms with E-state index in [1.54, 1.807) is 0 Å². The molecule has 0 atom stereocenters. The van der Waals surface area contributed by atoms with Gasteiger partial charge in [-0.25, -0.2) is 0 Å². The average molecular weight is 287 g/mol. The van der Waals surface area contributed by atoms with Crippen molar-refractivity contribution in [1.29, 1.82) is 0 Å². The lowest BCUT2D eigenvalue weighted by Gasteiger charge is -2.04. The summed E-state index contributed by atoms with van der Waals surface area (Å²) in [5.41, 5.74) is 2.98. The molecule has 0 aliphatic carbocycles. The topological polar surface area (TPSA) is 0 Å². The number of hydrogen-bond acceptors (Lipinski definition) is 0. The van der Waals surface area contributed by atoms with Crippen LogP contribution < -0.4 is 0 Å². The Labute approximate surface area is 132 Å². The molecule has 0 amide bonds. The van der Waals surface area contributed by atoms with Crippen LogP contribution in [0.2, 0.25) is 0 Å². The molecule has 0 spiro atoms. The summed E-state index contributed by atoms with van der Waals surface area (Å²) in [6, 6.07) is 9.27. The third kappa shape index (κ3) is 9.50. The maximum Gasteiger partial charge on any atom is -0.0244 e. The first-order chi connectivity index (χ1) is 10.4. The summed E-state index contributed by atoms with van der Waals surface area (Å²) in [5, 5.41) is 0. The Hall–Kier alpha value is -1.04. The van der Waals surface area contributed by atoms with E-state index >= 15 is 0 Å². The zero-order chi connectivity index (χ0) is 15.2. The van der Waals surface area contributed by atoms with Gasteiger partial charge in [0.1, 0.15) is 0 Å². The molecule has 0 aromatic heterocycles. The molecule has 1 rings (SSSR count). The van der Waals surface area contributed by atoms with E-state index in [-0.39, 0.29) is 0 Å². The molecule has 0 heterocycles. The van der Waals surface area contributed by atoms with Gasteiger partial charge in [-0.2, -0.15) is 0 Å². The van der Waals surface area contributed by atoms with E-state index in [1.807, 2.05) is 0 Å². The third-order valence-electron chi connectivity index (χ3n) is 4.18. The molecule has 0 saturated carbocycles. The number of allylic oxidation sites excluding steroid dienone is 2. The minimum absolute atomic E-state index is 1.16. The number of unbranched alkanes of at least 4 members (excludes halogenated alkanes) is 7. The van der Waals surface area contributed by atoms with Crippen molar-refractivity contribution in [3.8, 4) is 0 Å². The molecule has 0 nitrogen and oxygen atoms in total. The first-order valence-electron chi connectivity index (χ1n) is 9.05. The normalized spacial score (nSPS) is 11.3. The molecule has 0 radical (unpaired) electrons. The van der Waals surface area contributed by atoms with Gasteiger partial charge in [-0.1, -0.05) is 88.3 Å². The summed E-state index contributed by atoms with van der Waals surface area (Å²) in [6.45, 7) is 4.37. The molecule has 1 aromatic rings. The van der Waals surface area contributed by atoms with Crippen molar-refractivity contribution in [1.82, 2.24) is 0 Å². The van der Waals surface area contributed by atoms with E-state index in [2.05, 4.69) is 50.3 Å². The Bertz CT molecular complexity index is 358. The van der Waals surface area contributed by atoms with Gasteiger partial charge in [0.05, 0.1) is 0 Å². The van der Waals surface area contributed by atoms with E-state index in [0.717, 1.165) is 6.42 Å². The number of aryl methyl sites for hydroxylation is 2. The van der Waals surface area contributed by atoms with Crippen LogP contribution >= 0.6 is 0 Å². The van der Waals surface area contributed by atoms with Crippen molar-refractivity contribution in [2.24, 2.45) is 0 Å². The molecule has 0 fully saturated rings. The summed E-state index contributed by atoms with van der Waals surface area (Å²) in [4.78, 5) is 0. The van der Waals surface area contributed by atoms with Gasteiger partial charge in [-0.15, -0.1) is 0 Å². The van der Waals surface area contributed by atoms with Gasteiger partial charge >= 0.3 is 0 Å². The maximum atomic E-state index is 2.33. The molecule has 0 aliphatic heterocycles. The third-order valence-corrected chi connectivity index (χ3v) is 4.18. The summed E-state index contributed by atoms with van der Waals surface area (Å²) < 4.78 is 0. The van der Waals surface area contributed by atoms with Gasteiger partial charge < -0.3 is 0 Å². The monoisotopic (exact) mass is 286 g/mol. The van der Waals surface area contributed by atoms with Crippen molar-refractivity contribution in [2.75, 3.05) is 0 Å². The predicted octanol–water partition coefficient (Wildman–Crippen LogP) is 6.88. The second kappa shape index (κ2) is 12.7. The summed E-state index contributed by atoms with van der Waals surface area (Å²) in [7, 11) is 0. The highest BCUT2D eigenvalue weighted by molar-refractivity contribution is 5.23. The van der Waals surface area contributed by atoms with Crippen LogP contribution in [-0.4, -0.2) is 0 Å². The second-order valence-electron chi connectivity index (χ2n) is 6.15. The molecule has 0 aliphatic rings. The molecule has 0 bridgehead atoms. The minimum atomic E-state index is 1.16. The highest BCUT2D eigenvalue weighted by atomic mass is 14.0. The molecular weight excluding hydrogens is 252 g/mol. The Balaban J connectivity index is 2.07. The van der Waals surface area contributed by atoms with Crippen LogP contribution in [0.1, 0.15) is 82.8 Å². The van der Waals surface area contributed by atoms with Crippen molar-refractivity contribution < 1.29 is 0 Å². The smallest absolute Gasteiger partial charge is 0.0244 e. The molecule has 0 saturated heterocycles. The SMILES string of the molecule is C/C=C/CCc1ccc(CCCCCCCCCC)cc1. The zero-order valence-electron chi connectivity index (χ0n) is 14.2. The molecule has 21 heavy (non-hydrogen) atoms. The zero-order valence-corrected chi connectivity index (χ0v) is 14.2. The van der Waals surface area contributed by atoms with E-state index in [0.29, 0.717) is 0 Å². The van der Waals surface area contributed by atoms with Gasteiger partial charge in [0.25, 0.3) is 0 Å². The molecule has 0 N–H and O–H groups in total. The fourth-order valence-electron chi connectivity index (χ4n) is 2.75. The first-order valence-corrected chi connectivity index (χ1v) is 9.05. The summed E-state index contributed by atoms with van der Waals surface area (Å²) in [6.07, 6.45) is 19.2. The Morgan fingerprint density at radius 2 is 1.24 bits per heavy atom. The first kappa shape index (κ1) is 18.0. The van der Waals surface area contributed by atoms with Gasteiger partial charge in [0.2, 0.25) is 0 Å². The van der Waals surface area contributed by atoms with Crippen LogP contribution in [0.15, 0.2) is 36.4 Å². The number of benzene rings is 1. The fraction of sp³-hybridized carbons (Fsp3) is 0.619. The summed E-state index contributed by atoms with van der Waals surface area (Å²) >= 11 is 0. The number of rotatable bonds is 12. The van der Waals surface area contributed by atoms with E-state index in [9.17, 15) is 0 Å². The molecule has 0 unspecified atom stereocenters.